The van der Waals surface area contributed by atoms with E-state index in [-0.39, 0.29) is 5.91 Å². The van der Waals surface area contributed by atoms with Gasteiger partial charge in [0.05, 0.1) is 30.0 Å². The smallest absolute Gasteiger partial charge is 0.255 e. The average molecular weight is 367 g/mol. The van der Waals surface area contributed by atoms with E-state index in [0.717, 1.165) is 33.3 Å². The molecule has 1 aliphatic heterocycles. The number of halogens is 1. The van der Waals surface area contributed by atoms with Crippen molar-refractivity contribution in [2.24, 2.45) is 0 Å². The van der Waals surface area contributed by atoms with Gasteiger partial charge in [0, 0.05) is 29.1 Å². The van der Waals surface area contributed by atoms with Crippen molar-refractivity contribution in [1.82, 2.24) is 9.88 Å². The Morgan fingerprint density at radius 1 is 1.08 bits per heavy atom. The number of fused-ring (bicyclic) bond motifs is 1. The predicted octanol–water partition coefficient (Wildman–Crippen LogP) is 4.34. The van der Waals surface area contributed by atoms with E-state index in [1.165, 1.54) is 0 Å². The number of pyridine rings is 1. The molecule has 0 radical (unpaired) electrons. The third kappa shape index (κ3) is 3.06. The number of para-hydroxylation sites is 1. The number of hydrogen-bond acceptors (Lipinski definition) is 3. The fourth-order valence-corrected chi connectivity index (χ4v) is 3.52. The normalized spacial score (nSPS) is 14.6. The Morgan fingerprint density at radius 2 is 1.77 bits per heavy atom. The van der Waals surface area contributed by atoms with Crippen LogP contribution in [0.5, 0.6) is 0 Å². The molecule has 0 atom stereocenters. The number of amides is 1. The first-order chi connectivity index (χ1) is 12.6. The topological polar surface area (TPSA) is 42.4 Å². The summed E-state index contributed by atoms with van der Waals surface area (Å²) >= 11 is 6.02. The first-order valence-electron chi connectivity index (χ1n) is 8.67. The molecule has 0 N–H and O–H groups in total. The monoisotopic (exact) mass is 366 g/mol. The summed E-state index contributed by atoms with van der Waals surface area (Å²) in [5.41, 5.74) is 4.20. The lowest BCUT2D eigenvalue weighted by molar-refractivity contribution is 0.0303. The van der Waals surface area contributed by atoms with Crippen molar-refractivity contribution in [2.45, 2.75) is 6.92 Å². The van der Waals surface area contributed by atoms with E-state index in [1.807, 2.05) is 60.4 Å². The quantitative estimate of drug-likeness (QED) is 0.677. The van der Waals surface area contributed by atoms with Crippen LogP contribution in [0.1, 0.15) is 15.9 Å². The van der Waals surface area contributed by atoms with Crippen LogP contribution in [0.2, 0.25) is 5.02 Å². The number of aromatic nitrogens is 1. The van der Waals surface area contributed by atoms with Crippen molar-refractivity contribution in [1.29, 1.82) is 0 Å². The fraction of sp³-hybridized carbons (Fsp3) is 0.238. The minimum Gasteiger partial charge on any atom is -0.378 e. The molecule has 1 aliphatic rings. The number of carbonyl (C=O) groups is 1. The van der Waals surface area contributed by atoms with E-state index >= 15 is 0 Å². The Bertz CT molecular complexity index is 964. The minimum absolute atomic E-state index is 0.0413. The highest BCUT2D eigenvalue weighted by Crippen LogP contribution is 2.31. The second-order valence-corrected chi connectivity index (χ2v) is 6.83. The molecule has 0 bridgehead atoms. The van der Waals surface area contributed by atoms with E-state index in [2.05, 4.69) is 0 Å². The molecule has 0 unspecified atom stereocenters. The van der Waals surface area contributed by atoms with Crippen molar-refractivity contribution in [3.63, 3.8) is 0 Å². The van der Waals surface area contributed by atoms with Gasteiger partial charge in [-0.15, -0.1) is 0 Å². The van der Waals surface area contributed by atoms with Crippen LogP contribution in [0.25, 0.3) is 22.2 Å². The average Bonchev–Trinajstić information content (AvgIpc) is 2.68. The molecule has 2 aromatic carbocycles. The summed E-state index contributed by atoms with van der Waals surface area (Å²) in [5, 5.41) is 1.57. The lowest BCUT2D eigenvalue weighted by Crippen LogP contribution is -2.41. The Hall–Kier alpha value is -2.43. The molecule has 4 nitrogen and oxygen atoms in total. The lowest BCUT2D eigenvalue weighted by atomic mass is 9.96. The highest BCUT2D eigenvalue weighted by atomic mass is 35.5. The summed E-state index contributed by atoms with van der Waals surface area (Å²) in [6.45, 7) is 4.36. The number of nitrogens with zero attached hydrogens (tertiary/aromatic N) is 2. The maximum Gasteiger partial charge on any atom is 0.255 e. The second-order valence-electron chi connectivity index (χ2n) is 6.39. The summed E-state index contributed by atoms with van der Waals surface area (Å²) in [4.78, 5) is 20.0. The van der Waals surface area contributed by atoms with Crippen molar-refractivity contribution < 1.29 is 9.53 Å². The van der Waals surface area contributed by atoms with Crippen molar-refractivity contribution >= 4 is 28.4 Å². The third-order valence-electron chi connectivity index (χ3n) is 4.77. The van der Waals surface area contributed by atoms with E-state index in [9.17, 15) is 4.79 Å². The standard InChI is InChI=1S/C21H19ClN2O2/c1-14-19(21(25)24-10-12-26-13-11-24)17-4-2-3-5-18(17)23-20(14)15-6-8-16(22)9-7-15/h2-9H,10-13H2,1H3. The Labute approximate surface area is 157 Å². The molecule has 4 rings (SSSR count). The highest BCUT2D eigenvalue weighted by Gasteiger charge is 2.24. The fourth-order valence-electron chi connectivity index (χ4n) is 3.40. The van der Waals surface area contributed by atoms with Crippen molar-refractivity contribution in [2.75, 3.05) is 26.3 Å². The third-order valence-corrected chi connectivity index (χ3v) is 5.02. The SMILES string of the molecule is Cc1c(-c2ccc(Cl)cc2)nc2ccccc2c1C(=O)N1CCOCC1. The molecule has 1 aromatic heterocycles. The molecule has 1 saturated heterocycles. The molecule has 0 saturated carbocycles. The van der Waals surface area contributed by atoms with Gasteiger partial charge in [0.1, 0.15) is 0 Å². The molecular formula is C21H19ClN2O2. The van der Waals surface area contributed by atoms with Crippen LogP contribution < -0.4 is 0 Å². The van der Waals surface area contributed by atoms with Crippen LogP contribution in [0, 0.1) is 6.92 Å². The van der Waals surface area contributed by atoms with Gasteiger partial charge in [-0.25, -0.2) is 4.98 Å². The van der Waals surface area contributed by atoms with Gasteiger partial charge in [-0.2, -0.15) is 0 Å². The summed E-state index contributed by atoms with van der Waals surface area (Å²) in [6, 6.07) is 15.4. The molecule has 0 spiro atoms. The molecule has 1 fully saturated rings. The molecule has 26 heavy (non-hydrogen) atoms. The Kier molecular flexibility index (Phi) is 4.62. The van der Waals surface area contributed by atoms with Crippen LogP contribution >= 0.6 is 11.6 Å². The van der Waals surface area contributed by atoms with E-state index in [4.69, 9.17) is 21.3 Å². The molecule has 5 heteroatoms. The van der Waals surface area contributed by atoms with Gasteiger partial charge in [0.2, 0.25) is 0 Å². The maximum atomic E-state index is 13.3. The number of ether oxygens (including phenoxy) is 1. The minimum atomic E-state index is 0.0413. The van der Waals surface area contributed by atoms with Gasteiger partial charge in [0.25, 0.3) is 5.91 Å². The number of morpholine rings is 1. The van der Waals surface area contributed by atoms with E-state index in [1.54, 1.807) is 0 Å². The van der Waals surface area contributed by atoms with Crippen molar-refractivity contribution in [3.8, 4) is 11.3 Å². The molecule has 3 aromatic rings. The molecule has 0 aliphatic carbocycles. The zero-order chi connectivity index (χ0) is 18.1. The van der Waals surface area contributed by atoms with Crippen molar-refractivity contribution in [3.05, 3.63) is 64.7 Å². The highest BCUT2D eigenvalue weighted by molar-refractivity contribution is 6.30. The molecular weight excluding hydrogens is 348 g/mol. The number of rotatable bonds is 2. The lowest BCUT2D eigenvalue weighted by Gasteiger charge is -2.28. The first-order valence-corrected chi connectivity index (χ1v) is 9.05. The number of benzene rings is 2. The Balaban J connectivity index is 1.91. The van der Waals surface area contributed by atoms with Gasteiger partial charge in [-0.05, 0) is 30.7 Å². The van der Waals surface area contributed by atoms with Gasteiger partial charge >= 0.3 is 0 Å². The second kappa shape index (κ2) is 7.06. The molecule has 2 heterocycles. The predicted molar refractivity (Wildman–Crippen MR) is 104 cm³/mol. The van der Waals surface area contributed by atoms with Crippen LogP contribution in [0.15, 0.2) is 48.5 Å². The summed E-state index contributed by atoms with van der Waals surface area (Å²) in [6.07, 6.45) is 0. The summed E-state index contributed by atoms with van der Waals surface area (Å²) in [7, 11) is 0. The molecule has 132 valence electrons. The van der Waals surface area contributed by atoms with Gasteiger partial charge in [0.15, 0.2) is 0 Å². The number of carbonyl (C=O) groups excluding carboxylic acids is 1. The van der Waals surface area contributed by atoms with Crippen LogP contribution in [0.4, 0.5) is 0 Å². The van der Waals surface area contributed by atoms with Gasteiger partial charge in [-0.1, -0.05) is 41.9 Å². The summed E-state index contributed by atoms with van der Waals surface area (Å²) in [5.74, 6) is 0.0413. The van der Waals surface area contributed by atoms with E-state index < -0.39 is 0 Å². The first kappa shape index (κ1) is 17.0. The van der Waals surface area contributed by atoms with E-state index in [0.29, 0.717) is 31.3 Å². The summed E-state index contributed by atoms with van der Waals surface area (Å²) < 4.78 is 5.39. The number of hydrogen-bond donors (Lipinski definition) is 0. The van der Waals surface area contributed by atoms with Crippen LogP contribution in [0.3, 0.4) is 0 Å². The maximum absolute atomic E-state index is 13.3. The Morgan fingerprint density at radius 3 is 2.50 bits per heavy atom. The van der Waals surface area contributed by atoms with Gasteiger partial charge in [-0.3, -0.25) is 4.79 Å². The zero-order valence-electron chi connectivity index (χ0n) is 14.5. The largest absolute Gasteiger partial charge is 0.378 e. The van der Waals surface area contributed by atoms with Crippen LogP contribution in [-0.2, 0) is 4.74 Å². The zero-order valence-corrected chi connectivity index (χ0v) is 15.3. The molecule has 1 amide bonds. The van der Waals surface area contributed by atoms with Gasteiger partial charge < -0.3 is 9.64 Å². The van der Waals surface area contributed by atoms with Crippen LogP contribution in [-0.4, -0.2) is 42.1 Å².